The smallest absolute Gasteiger partial charge is 0.416 e. The lowest BCUT2D eigenvalue weighted by Crippen LogP contribution is -2.19. The van der Waals surface area contributed by atoms with Gasteiger partial charge in [-0.2, -0.15) is 26.3 Å². The molecule has 0 bridgehead atoms. The number of nitrogens with two attached hydrogens (primary N) is 1. The molecule has 4 aromatic rings. The molecular formula is C28H21Br2F6N5O3. The van der Waals surface area contributed by atoms with Crippen LogP contribution in [-0.2, 0) is 12.4 Å². The van der Waals surface area contributed by atoms with Crippen molar-refractivity contribution >= 4 is 60.9 Å². The van der Waals surface area contributed by atoms with Crippen LogP contribution < -0.4 is 26.4 Å². The quantitative estimate of drug-likeness (QED) is 0.120. The summed E-state index contributed by atoms with van der Waals surface area (Å²) in [5.41, 5.74) is 4.26. The molecule has 3 amide bonds. The number of carbonyl (C=O) groups excluding carboxylic acids is 2. The van der Waals surface area contributed by atoms with Crippen molar-refractivity contribution in [2.24, 2.45) is 0 Å². The number of aromatic nitrogens is 1. The fourth-order valence-electron chi connectivity index (χ4n) is 3.36. The Bertz CT molecular complexity index is 1610. The summed E-state index contributed by atoms with van der Waals surface area (Å²) in [5.74, 6) is 0.479. The van der Waals surface area contributed by atoms with Crippen LogP contribution in [-0.4, -0.2) is 24.0 Å². The van der Waals surface area contributed by atoms with Crippen LogP contribution in [0.2, 0.25) is 0 Å². The van der Waals surface area contributed by atoms with E-state index in [4.69, 9.17) is 10.5 Å². The Morgan fingerprint density at radius 3 is 1.89 bits per heavy atom. The minimum atomic E-state index is -4.54. The Labute approximate surface area is 263 Å². The van der Waals surface area contributed by atoms with Crippen molar-refractivity contribution in [3.05, 3.63) is 105 Å². The van der Waals surface area contributed by atoms with Crippen LogP contribution >= 0.6 is 31.9 Å². The minimum absolute atomic E-state index is 0.0197. The summed E-state index contributed by atoms with van der Waals surface area (Å²) >= 11 is 5.93. The van der Waals surface area contributed by atoms with Crippen LogP contribution in [0.1, 0.15) is 21.6 Å². The van der Waals surface area contributed by atoms with Crippen LogP contribution in [0, 0.1) is 0 Å². The van der Waals surface area contributed by atoms with Crippen LogP contribution in [0.3, 0.4) is 0 Å². The second-order valence-corrected chi connectivity index (χ2v) is 10.5. The summed E-state index contributed by atoms with van der Waals surface area (Å²) in [6, 6.07) is 15.0. The van der Waals surface area contributed by atoms with Gasteiger partial charge in [-0.15, -0.1) is 0 Å². The topological polar surface area (TPSA) is 118 Å². The van der Waals surface area contributed by atoms with E-state index < -0.39 is 29.5 Å². The van der Waals surface area contributed by atoms with Gasteiger partial charge in [-0.25, -0.2) is 4.79 Å². The number of ether oxygens (including phenoxy) is 1. The predicted octanol–water partition coefficient (Wildman–Crippen LogP) is 8.71. The third-order valence-electron chi connectivity index (χ3n) is 5.27. The van der Waals surface area contributed by atoms with E-state index in [-0.39, 0.29) is 27.4 Å². The zero-order valence-corrected chi connectivity index (χ0v) is 25.5. The number of amides is 3. The molecule has 0 unspecified atom stereocenters. The van der Waals surface area contributed by atoms with Gasteiger partial charge in [0, 0.05) is 45.3 Å². The molecule has 44 heavy (non-hydrogen) atoms. The van der Waals surface area contributed by atoms with Crippen molar-refractivity contribution in [3.8, 4) is 11.5 Å². The molecule has 3 aromatic carbocycles. The van der Waals surface area contributed by atoms with E-state index in [9.17, 15) is 35.9 Å². The molecule has 232 valence electrons. The number of hydrogen-bond acceptors (Lipinski definition) is 5. The van der Waals surface area contributed by atoms with Crippen LogP contribution in [0.4, 0.5) is 48.2 Å². The summed E-state index contributed by atoms with van der Waals surface area (Å²) in [6.07, 6.45) is -7.44. The Hall–Kier alpha value is -4.31. The van der Waals surface area contributed by atoms with E-state index in [0.717, 1.165) is 24.3 Å². The molecule has 0 saturated carbocycles. The molecule has 0 fully saturated rings. The largest absolute Gasteiger partial charge is 0.457 e. The second kappa shape index (κ2) is 14.4. The van der Waals surface area contributed by atoms with E-state index >= 15 is 0 Å². The maximum Gasteiger partial charge on any atom is 0.416 e. The molecule has 0 aliphatic heterocycles. The first-order chi connectivity index (χ1) is 20.5. The molecule has 0 atom stereocenters. The van der Waals surface area contributed by atoms with Gasteiger partial charge >= 0.3 is 18.4 Å². The summed E-state index contributed by atoms with van der Waals surface area (Å²) in [5, 5.41) is 7.36. The predicted molar refractivity (Wildman–Crippen MR) is 159 cm³/mol. The Kier molecular flexibility index (Phi) is 11.2. The number of alkyl halides is 6. The Morgan fingerprint density at radius 1 is 0.750 bits per heavy atom. The SMILES string of the molecule is CNC(=O)c1cc(Oc2ccc(NC(=O)Nc3cc(Br)cc(C(F)(F)F)c3)cc2)ccn1.Nc1cc(Br)cc(C(F)(F)F)c1. The highest BCUT2D eigenvalue weighted by molar-refractivity contribution is 9.10. The normalized spacial score (nSPS) is 11.1. The van der Waals surface area contributed by atoms with Crippen molar-refractivity contribution in [3.63, 3.8) is 0 Å². The molecule has 4 rings (SSSR count). The van der Waals surface area contributed by atoms with Crippen molar-refractivity contribution in [1.29, 1.82) is 0 Å². The molecule has 0 aliphatic carbocycles. The summed E-state index contributed by atoms with van der Waals surface area (Å²) in [7, 11) is 1.49. The number of nitrogens with one attached hydrogen (secondary N) is 3. The molecule has 0 radical (unpaired) electrons. The maximum absolute atomic E-state index is 12.9. The fourth-order valence-corrected chi connectivity index (χ4v) is 4.37. The van der Waals surface area contributed by atoms with Gasteiger partial charge in [-0.05, 0) is 66.7 Å². The summed E-state index contributed by atoms with van der Waals surface area (Å²) in [4.78, 5) is 27.8. The molecule has 0 spiro atoms. The van der Waals surface area contributed by atoms with Crippen molar-refractivity contribution in [2.75, 3.05) is 23.4 Å². The van der Waals surface area contributed by atoms with Gasteiger partial charge in [-0.1, -0.05) is 31.9 Å². The van der Waals surface area contributed by atoms with E-state index in [1.807, 2.05) is 0 Å². The third-order valence-corrected chi connectivity index (χ3v) is 6.19. The standard InChI is InChI=1S/C21H16BrF3N4O3.C7H5BrF3N/c1-26-19(30)18-11-17(6-7-27-18)32-16-4-2-14(3-5-16)28-20(31)29-15-9-12(21(23,24)25)8-13(22)10-15;8-5-1-4(7(9,10)11)2-6(12)3-5/h2-11H,1H3,(H,26,30)(H2,28,29,31);1-3H,12H2. The average Bonchev–Trinajstić information content (AvgIpc) is 2.92. The lowest BCUT2D eigenvalue weighted by molar-refractivity contribution is -0.138. The number of halogens is 8. The fraction of sp³-hybridized carbons (Fsp3) is 0.107. The van der Waals surface area contributed by atoms with Gasteiger partial charge in [0.05, 0.1) is 11.1 Å². The maximum atomic E-state index is 12.9. The number of nitrogens with zero attached hydrogens (tertiary/aromatic N) is 1. The number of urea groups is 1. The first kappa shape index (κ1) is 34.2. The van der Waals surface area contributed by atoms with Gasteiger partial charge < -0.3 is 26.4 Å². The minimum Gasteiger partial charge on any atom is -0.457 e. The number of pyridine rings is 1. The molecule has 0 aliphatic rings. The number of anilines is 3. The van der Waals surface area contributed by atoms with Crippen molar-refractivity contribution in [1.82, 2.24) is 10.3 Å². The number of nitrogen functional groups attached to an aromatic ring is 1. The average molecular weight is 749 g/mol. The summed E-state index contributed by atoms with van der Waals surface area (Å²) in [6.45, 7) is 0. The zero-order chi connectivity index (χ0) is 32.7. The lowest BCUT2D eigenvalue weighted by Gasteiger charge is -2.12. The number of carbonyl (C=O) groups is 2. The molecule has 8 nitrogen and oxygen atoms in total. The molecular weight excluding hydrogens is 728 g/mol. The van der Waals surface area contributed by atoms with Gasteiger partial charge in [-0.3, -0.25) is 9.78 Å². The van der Waals surface area contributed by atoms with E-state index in [2.05, 4.69) is 52.8 Å². The molecule has 0 saturated heterocycles. The van der Waals surface area contributed by atoms with Gasteiger partial charge in [0.15, 0.2) is 0 Å². The van der Waals surface area contributed by atoms with Gasteiger partial charge in [0.1, 0.15) is 17.2 Å². The highest BCUT2D eigenvalue weighted by Gasteiger charge is 2.31. The summed E-state index contributed by atoms with van der Waals surface area (Å²) < 4.78 is 81.2. The number of hydrogen-bond donors (Lipinski definition) is 4. The molecule has 5 N–H and O–H groups in total. The monoisotopic (exact) mass is 747 g/mol. The highest BCUT2D eigenvalue weighted by Crippen LogP contribution is 2.34. The van der Waals surface area contributed by atoms with Crippen LogP contribution in [0.25, 0.3) is 0 Å². The van der Waals surface area contributed by atoms with Crippen LogP contribution in [0.15, 0.2) is 87.9 Å². The van der Waals surface area contributed by atoms with Gasteiger partial charge in [0.2, 0.25) is 0 Å². The van der Waals surface area contributed by atoms with E-state index in [0.29, 0.717) is 21.7 Å². The van der Waals surface area contributed by atoms with E-state index in [1.54, 1.807) is 30.3 Å². The van der Waals surface area contributed by atoms with E-state index in [1.165, 1.54) is 31.4 Å². The Morgan fingerprint density at radius 2 is 1.32 bits per heavy atom. The number of benzene rings is 3. The number of rotatable bonds is 5. The van der Waals surface area contributed by atoms with Crippen LogP contribution in [0.5, 0.6) is 11.5 Å². The zero-order valence-electron chi connectivity index (χ0n) is 22.3. The van der Waals surface area contributed by atoms with Crippen molar-refractivity contribution in [2.45, 2.75) is 12.4 Å². The first-order valence-electron chi connectivity index (χ1n) is 12.1. The van der Waals surface area contributed by atoms with Gasteiger partial charge in [0.25, 0.3) is 5.91 Å². The highest BCUT2D eigenvalue weighted by atomic mass is 79.9. The first-order valence-corrected chi connectivity index (χ1v) is 13.7. The molecule has 1 heterocycles. The lowest BCUT2D eigenvalue weighted by atomic mass is 10.2. The molecule has 16 heteroatoms. The third kappa shape index (κ3) is 10.4. The van der Waals surface area contributed by atoms with Crippen molar-refractivity contribution < 1.29 is 40.7 Å². The Balaban J connectivity index is 0.000000369. The molecule has 1 aromatic heterocycles. The second-order valence-electron chi connectivity index (χ2n) is 8.66.